The summed E-state index contributed by atoms with van der Waals surface area (Å²) in [5.41, 5.74) is 0.679. The third-order valence-electron chi connectivity index (χ3n) is 3.78. The summed E-state index contributed by atoms with van der Waals surface area (Å²) in [4.78, 5) is 23.6. The van der Waals surface area contributed by atoms with Gasteiger partial charge in [-0.15, -0.1) is 0 Å². The zero-order valence-corrected chi connectivity index (χ0v) is 14.6. The van der Waals surface area contributed by atoms with Crippen LogP contribution < -0.4 is 9.62 Å². The number of ketones is 1. The molecule has 1 heterocycles. The van der Waals surface area contributed by atoms with Gasteiger partial charge in [-0.05, 0) is 31.9 Å². The van der Waals surface area contributed by atoms with Crippen molar-refractivity contribution in [2.45, 2.75) is 25.9 Å². The second-order valence-electron chi connectivity index (χ2n) is 5.82. The standard InChI is InChI=1S/C16H22N2O5S/c1-12(19)13-5-3-6-14(9-13)18(24(2,21)22)11-16(20)17-10-15-7-4-8-23-15/h3,5-6,9,15H,4,7-8,10-11H2,1-2H3,(H,17,20)/t15-/m1/s1. The Kier molecular flexibility index (Phi) is 5.95. The number of hydrogen-bond donors (Lipinski definition) is 1. The number of carbonyl (C=O) groups is 2. The van der Waals surface area contributed by atoms with Crippen LogP contribution in [0.25, 0.3) is 0 Å². The van der Waals surface area contributed by atoms with E-state index in [9.17, 15) is 18.0 Å². The summed E-state index contributed by atoms with van der Waals surface area (Å²) in [6.45, 7) is 2.11. The molecule has 1 saturated heterocycles. The third-order valence-corrected chi connectivity index (χ3v) is 4.92. The Hall–Kier alpha value is -1.93. The minimum atomic E-state index is -3.66. The van der Waals surface area contributed by atoms with Gasteiger partial charge >= 0.3 is 0 Å². The van der Waals surface area contributed by atoms with Crippen molar-refractivity contribution in [2.75, 3.05) is 30.3 Å². The van der Waals surface area contributed by atoms with E-state index in [-0.39, 0.29) is 24.1 Å². The first-order chi connectivity index (χ1) is 11.3. The van der Waals surface area contributed by atoms with E-state index < -0.39 is 15.9 Å². The van der Waals surface area contributed by atoms with Gasteiger partial charge in [0.05, 0.1) is 18.0 Å². The lowest BCUT2D eigenvalue weighted by molar-refractivity contribution is -0.120. The zero-order valence-electron chi connectivity index (χ0n) is 13.8. The maximum Gasteiger partial charge on any atom is 0.240 e. The van der Waals surface area contributed by atoms with Gasteiger partial charge in [-0.1, -0.05) is 12.1 Å². The molecule has 0 unspecified atom stereocenters. The van der Waals surface area contributed by atoms with Gasteiger partial charge in [0.1, 0.15) is 6.54 Å². The second-order valence-corrected chi connectivity index (χ2v) is 7.72. The minimum absolute atomic E-state index is 0.0123. The van der Waals surface area contributed by atoms with E-state index in [1.54, 1.807) is 18.2 Å². The fourth-order valence-corrected chi connectivity index (χ4v) is 3.35. The second kappa shape index (κ2) is 7.76. The molecule has 0 saturated carbocycles. The molecule has 1 N–H and O–H groups in total. The van der Waals surface area contributed by atoms with Gasteiger partial charge in [-0.2, -0.15) is 0 Å². The van der Waals surface area contributed by atoms with E-state index in [1.165, 1.54) is 13.0 Å². The molecule has 0 spiro atoms. The Morgan fingerprint density at radius 1 is 1.38 bits per heavy atom. The number of Topliss-reactive ketones (excluding diaryl/α,β-unsaturated/α-hetero) is 1. The molecule has 1 aromatic carbocycles. The van der Waals surface area contributed by atoms with E-state index in [0.29, 0.717) is 18.7 Å². The Balaban J connectivity index is 2.09. The molecule has 2 rings (SSSR count). The summed E-state index contributed by atoms with van der Waals surface area (Å²) in [6, 6.07) is 6.22. The van der Waals surface area contributed by atoms with Crippen molar-refractivity contribution in [2.24, 2.45) is 0 Å². The number of rotatable bonds is 7. The van der Waals surface area contributed by atoms with Crippen LogP contribution in [0.5, 0.6) is 0 Å². The first-order valence-electron chi connectivity index (χ1n) is 7.74. The first kappa shape index (κ1) is 18.4. The highest BCUT2D eigenvalue weighted by atomic mass is 32.2. The van der Waals surface area contributed by atoms with Gasteiger partial charge in [0, 0.05) is 18.7 Å². The summed E-state index contributed by atoms with van der Waals surface area (Å²) in [7, 11) is -3.66. The van der Waals surface area contributed by atoms with Gasteiger partial charge in [-0.25, -0.2) is 8.42 Å². The van der Waals surface area contributed by atoms with Crippen LogP contribution in [0, 0.1) is 0 Å². The number of sulfonamides is 1. The van der Waals surface area contributed by atoms with Crippen molar-refractivity contribution in [3.05, 3.63) is 29.8 Å². The molecule has 24 heavy (non-hydrogen) atoms. The Morgan fingerprint density at radius 3 is 2.71 bits per heavy atom. The predicted molar refractivity (Wildman–Crippen MR) is 90.6 cm³/mol. The fourth-order valence-electron chi connectivity index (χ4n) is 2.50. The minimum Gasteiger partial charge on any atom is -0.376 e. The summed E-state index contributed by atoms with van der Waals surface area (Å²) < 4.78 is 30.5. The molecule has 1 aliphatic heterocycles. The van der Waals surface area contributed by atoms with E-state index >= 15 is 0 Å². The number of ether oxygens (including phenoxy) is 1. The molecular weight excluding hydrogens is 332 g/mol. The molecule has 1 fully saturated rings. The molecule has 0 radical (unpaired) electrons. The van der Waals surface area contributed by atoms with Crippen LogP contribution in [0.1, 0.15) is 30.1 Å². The number of hydrogen-bond acceptors (Lipinski definition) is 5. The molecule has 132 valence electrons. The molecule has 8 heteroatoms. The fraction of sp³-hybridized carbons (Fsp3) is 0.500. The topological polar surface area (TPSA) is 92.8 Å². The largest absolute Gasteiger partial charge is 0.376 e. The molecule has 1 aromatic rings. The lowest BCUT2D eigenvalue weighted by Gasteiger charge is -2.22. The third kappa shape index (κ3) is 5.04. The number of amides is 1. The lowest BCUT2D eigenvalue weighted by atomic mass is 10.1. The SMILES string of the molecule is CC(=O)c1cccc(N(CC(=O)NC[C@H]2CCCO2)S(C)(=O)=O)c1. The van der Waals surface area contributed by atoms with Gasteiger partial charge in [0.15, 0.2) is 5.78 Å². The van der Waals surface area contributed by atoms with Crippen LogP contribution in [0.4, 0.5) is 5.69 Å². The zero-order chi connectivity index (χ0) is 17.7. The summed E-state index contributed by atoms with van der Waals surface area (Å²) in [5, 5.41) is 2.70. The van der Waals surface area contributed by atoms with Gasteiger partial charge in [0.2, 0.25) is 15.9 Å². The molecule has 0 aliphatic carbocycles. The first-order valence-corrected chi connectivity index (χ1v) is 9.59. The average molecular weight is 354 g/mol. The smallest absolute Gasteiger partial charge is 0.240 e. The summed E-state index contributed by atoms with van der Waals surface area (Å²) in [6.07, 6.45) is 2.87. The van der Waals surface area contributed by atoms with Crippen molar-refractivity contribution >= 4 is 27.4 Å². The van der Waals surface area contributed by atoms with Crippen molar-refractivity contribution in [3.63, 3.8) is 0 Å². The highest BCUT2D eigenvalue weighted by molar-refractivity contribution is 7.92. The van der Waals surface area contributed by atoms with Gasteiger partial charge in [0.25, 0.3) is 0 Å². The van der Waals surface area contributed by atoms with Crippen LogP contribution in [-0.2, 0) is 19.6 Å². The summed E-state index contributed by atoms with van der Waals surface area (Å²) >= 11 is 0. The number of nitrogens with one attached hydrogen (secondary N) is 1. The Labute approximate surface area is 142 Å². The molecule has 0 aromatic heterocycles. The molecular formula is C16H22N2O5S. The van der Waals surface area contributed by atoms with Crippen LogP contribution in [0.2, 0.25) is 0 Å². The van der Waals surface area contributed by atoms with E-state index in [0.717, 1.165) is 23.4 Å². The maximum atomic E-state index is 12.1. The highest BCUT2D eigenvalue weighted by Crippen LogP contribution is 2.19. The monoisotopic (exact) mass is 354 g/mol. The molecule has 7 nitrogen and oxygen atoms in total. The molecule has 1 atom stereocenters. The van der Waals surface area contributed by atoms with Crippen LogP contribution in [0.3, 0.4) is 0 Å². The number of nitrogens with zero attached hydrogens (tertiary/aromatic N) is 1. The highest BCUT2D eigenvalue weighted by Gasteiger charge is 2.22. The predicted octanol–water partition coefficient (Wildman–Crippen LogP) is 0.950. The van der Waals surface area contributed by atoms with Gasteiger partial charge in [-0.3, -0.25) is 13.9 Å². The average Bonchev–Trinajstić information content (AvgIpc) is 3.03. The van der Waals surface area contributed by atoms with Crippen molar-refractivity contribution in [1.29, 1.82) is 0 Å². The molecule has 1 aliphatic rings. The lowest BCUT2D eigenvalue weighted by Crippen LogP contribution is -2.42. The van der Waals surface area contributed by atoms with Crippen LogP contribution in [0.15, 0.2) is 24.3 Å². The van der Waals surface area contributed by atoms with E-state index in [1.807, 2.05) is 0 Å². The maximum absolute atomic E-state index is 12.1. The van der Waals surface area contributed by atoms with E-state index in [4.69, 9.17) is 4.74 Å². The number of carbonyl (C=O) groups excluding carboxylic acids is 2. The van der Waals surface area contributed by atoms with Crippen molar-refractivity contribution < 1.29 is 22.7 Å². The van der Waals surface area contributed by atoms with E-state index in [2.05, 4.69) is 5.32 Å². The van der Waals surface area contributed by atoms with Crippen LogP contribution >= 0.6 is 0 Å². The quantitative estimate of drug-likeness (QED) is 0.736. The molecule has 0 bridgehead atoms. The summed E-state index contributed by atoms with van der Waals surface area (Å²) in [5.74, 6) is -0.586. The molecule has 1 amide bonds. The van der Waals surface area contributed by atoms with Crippen molar-refractivity contribution in [1.82, 2.24) is 5.32 Å². The Morgan fingerprint density at radius 2 is 2.12 bits per heavy atom. The van der Waals surface area contributed by atoms with Crippen molar-refractivity contribution in [3.8, 4) is 0 Å². The number of benzene rings is 1. The number of anilines is 1. The van der Waals surface area contributed by atoms with Crippen LogP contribution in [-0.4, -0.2) is 52.2 Å². The Bertz CT molecular complexity index is 711. The normalized spacial score (nSPS) is 17.5. The van der Waals surface area contributed by atoms with Gasteiger partial charge < -0.3 is 10.1 Å².